The average molecular weight is 306 g/mol. The van der Waals surface area contributed by atoms with E-state index in [9.17, 15) is 23.1 Å². The Bertz CT molecular complexity index is 480. The summed E-state index contributed by atoms with van der Waals surface area (Å²) < 4.78 is 49.0. The van der Waals surface area contributed by atoms with Gasteiger partial charge in [-0.05, 0) is 12.5 Å². The lowest BCUT2D eigenvalue weighted by Crippen LogP contribution is -2.46. The van der Waals surface area contributed by atoms with Gasteiger partial charge in [0, 0.05) is 14.2 Å². The van der Waals surface area contributed by atoms with Crippen LogP contribution in [-0.2, 0) is 19.9 Å². The molecule has 0 spiro atoms. The molecule has 118 valence electrons. The monoisotopic (exact) mass is 306 g/mol. The van der Waals surface area contributed by atoms with Gasteiger partial charge in [0.25, 0.3) is 0 Å². The Morgan fingerprint density at radius 1 is 1.19 bits per heavy atom. The Kier molecular flexibility index (Phi) is 5.49. The quantitative estimate of drug-likeness (QED) is 0.820. The summed E-state index contributed by atoms with van der Waals surface area (Å²) in [5, 5.41) is 10.1. The molecule has 1 unspecified atom stereocenters. The van der Waals surface area contributed by atoms with Crippen LogP contribution >= 0.6 is 0 Å². The predicted molar refractivity (Wildman–Crippen MR) is 68.6 cm³/mol. The highest BCUT2D eigenvalue weighted by Crippen LogP contribution is 2.42. The summed E-state index contributed by atoms with van der Waals surface area (Å²) in [5.41, 5.74) is -2.95. The van der Waals surface area contributed by atoms with Crippen molar-refractivity contribution in [1.29, 1.82) is 0 Å². The van der Waals surface area contributed by atoms with Gasteiger partial charge in [0.1, 0.15) is 0 Å². The number of ketones is 1. The van der Waals surface area contributed by atoms with E-state index in [4.69, 9.17) is 0 Å². The number of ether oxygens (including phenoxy) is 2. The lowest BCUT2D eigenvalue weighted by molar-refractivity contribution is -0.269. The molecule has 21 heavy (non-hydrogen) atoms. The van der Waals surface area contributed by atoms with E-state index in [1.807, 2.05) is 0 Å². The molecule has 4 nitrogen and oxygen atoms in total. The number of benzene rings is 1. The third-order valence-electron chi connectivity index (χ3n) is 3.12. The first-order valence-electron chi connectivity index (χ1n) is 6.10. The van der Waals surface area contributed by atoms with Crippen LogP contribution in [-0.4, -0.2) is 37.6 Å². The first-order valence-corrected chi connectivity index (χ1v) is 6.10. The number of aliphatic hydroxyl groups is 1. The Morgan fingerprint density at radius 2 is 1.67 bits per heavy atom. The van der Waals surface area contributed by atoms with Crippen molar-refractivity contribution in [3.63, 3.8) is 0 Å². The third-order valence-corrected chi connectivity index (χ3v) is 3.12. The van der Waals surface area contributed by atoms with Crippen molar-refractivity contribution in [1.82, 2.24) is 0 Å². The zero-order valence-corrected chi connectivity index (χ0v) is 11.9. The van der Waals surface area contributed by atoms with E-state index in [1.165, 1.54) is 12.1 Å². The molecule has 1 atom stereocenters. The van der Waals surface area contributed by atoms with Gasteiger partial charge < -0.3 is 14.6 Å². The first-order chi connectivity index (χ1) is 9.65. The van der Waals surface area contributed by atoms with Gasteiger partial charge in [0.15, 0.2) is 11.4 Å². The van der Waals surface area contributed by atoms with E-state index in [0.717, 1.165) is 31.9 Å². The fourth-order valence-corrected chi connectivity index (χ4v) is 1.89. The zero-order valence-electron chi connectivity index (χ0n) is 11.9. The number of aryl methyl sites for hydroxylation is 1. The maximum Gasteiger partial charge on any atom is 0.421 e. The summed E-state index contributed by atoms with van der Waals surface area (Å²) in [4.78, 5) is 11.8. The normalized spacial score (nSPS) is 15.0. The molecule has 0 aliphatic carbocycles. The summed E-state index contributed by atoms with van der Waals surface area (Å²) in [6, 6.07) is 5.15. The Morgan fingerprint density at radius 3 is 2.05 bits per heavy atom. The fourth-order valence-electron chi connectivity index (χ4n) is 1.89. The molecule has 0 saturated carbocycles. The summed E-state index contributed by atoms with van der Waals surface area (Å²) in [6.07, 6.45) is -7.65. The molecule has 1 aromatic rings. The van der Waals surface area contributed by atoms with Gasteiger partial charge in [0.2, 0.25) is 6.29 Å². The standard InChI is InChI=1S/C14H17F3O4/c1-9-4-6-10(7-5-9)13(19,14(15,16)17)8-11(18)12(20-2)21-3/h4-7,12,19H,8H2,1-3H3. The maximum absolute atomic E-state index is 13.2. The molecule has 7 heteroatoms. The summed E-state index contributed by atoms with van der Waals surface area (Å²) in [5.74, 6) is -1.000. The largest absolute Gasteiger partial charge is 0.421 e. The van der Waals surface area contributed by atoms with E-state index in [2.05, 4.69) is 9.47 Å². The van der Waals surface area contributed by atoms with Gasteiger partial charge in [-0.25, -0.2) is 0 Å². The van der Waals surface area contributed by atoms with Gasteiger partial charge in [-0.1, -0.05) is 29.8 Å². The van der Waals surface area contributed by atoms with Gasteiger partial charge in [-0.15, -0.1) is 0 Å². The average Bonchev–Trinajstić information content (AvgIpc) is 2.39. The van der Waals surface area contributed by atoms with Crippen LogP contribution in [0.4, 0.5) is 13.2 Å². The van der Waals surface area contributed by atoms with Crippen LogP contribution in [0.5, 0.6) is 0 Å². The van der Waals surface area contributed by atoms with Crippen LogP contribution in [0.1, 0.15) is 17.5 Å². The van der Waals surface area contributed by atoms with Gasteiger partial charge in [0.05, 0.1) is 6.42 Å². The van der Waals surface area contributed by atoms with E-state index in [-0.39, 0.29) is 0 Å². The second kappa shape index (κ2) is 6.55. The summed E-state index contributed by atoms with van der Waals surface area (Å²) in [6.45, 7) is 1.70. The van der Waals surface area contributed by atoms with Gasteiger partial charge in [-0.2, -0.15) is 13.2 Å². The summed E-state index contributed by atoms with van der Waals surface area (Å²) in [7, 11) is 2.26. The molecule has 0 fully saturated rings. The van der Waals surface area contributed by atoms with E-state index < -0.39 is 35.8 Å². The minimum Gasteiger partial charge on any atom is -0.376 e. The molecule has 0 aliphatic rings. The zero-order chi connectivity index (χ0) is 16.3. The molecule has 1 N–H and O–H groups in total. The SMILES string of the molecule is COC(OC)C(=O)CC(O)(c1ccc(C)cc1)C(F)(F)F. The number of carbonyl (C=O) groups excluding carboxylic acids is 1. The van der Waals surface area contributed by atoms with E-state index in [1.54, 1.807) is 6.92 Å². The van der Waals surface area contributed by atoms with Crippen LogP contribution in [0.15, 0.2) is 24.3 Å². The highest BCUT2D eigenvalue weighted by Gasteiger charge is 2.56. The van der Waals surface area contributed by atoms with Crippen molar-refractivity contribution >= 4 is 5.78 Å². The number of hydrogen-bond donors (Lipinski definition) is 1. The van der Waals surface area contributed by atoms with Crippen LogP contribution in [0.2, 0.25) is 0 Å². The smallest absolute Gasteiger partial charge is 0.376 e. The van der Waals surface area contributed by atoms with Crippen molar-refractivity contribution in [2.45, 2.75) is 31.4 Å². The number of Topliss-reactive ketones (excluding diaryl/α,β-unsaturated/α-hetero) is 1. The van der Waals surface area contributed by atoms with Gasteiger partial charge in [-0.3, -0.25) is 4.79 Å². The molecular formula is C14H17F3O4. The Balaban J connectivity index is 3.17. The number of halogens is 3. The molecule has 0 amide bonds. The second-order valence-corrected chi connectivity index (χ2v) is 4.67. The topological polar surface area (TPSA) is 55.8 Å². The lowest BCUT2D eigenvalue weighted by Gasteiger charge is -2.31. The van der Waals surface area contributed by atoms with Crippen LogP contribution in [0, 0.1) is 6.92 Å². The number of rotatable bonds is 6. The first kappa shape index (κ1) is 17.6. The number of hydrogen-bond acceptors (Lipinski definition) is 4. The fraction of sp³-hybridized carbons (Fsp3) is 0.500. The van der Waals surface area contributed by atoms with Gasteiger partial charge >= 0.3 is 6.18 Å². The van der Waals surface area contributed by atoms with Crippen LogP contribution in [0.3, 0.4) is 0 Å². The molecule has 0 saturated heterocycles. The minimum atomic E-state index is -5.01. The van der Waals surface area contributed by atoms with Crippen molar-refractivity contribution in [3.8, 4) is 0 Å². The van der Waals surface area contributed by atoms with Crippen LogP contribution in [0.25, 0.3) is 0 Å². The number of methoxy groups -OCH3 is 2. The molecular weight excluding hydrogens is 289 g/mol. The van der Waals surface area contributed by atoms with Crippen molar-refractivity contribution in [2.24, 2.45) is 0 Å². The molecule has 0 bridgehead atoms. The van der Waals surface area contributed by atoms with E-state index >= 15 is 0 Å². The molecule has 0 aliphatic heterocycles. The van der Waals surface area contributed by atoms with Crippen molar-refractivity contribution in [2.75, 3.05) is 14.2 Å². The predicted octanol–water partition coefficient (Wildman–Crippen LogP) is 2.32. The van der Waals surface area contributed by atoms with E-state index in [0.29, 0.717) is 0 Å². The molecule has 0 heterocycles. The maximum atomic E-state index is 13.2. The highest BCUT2D eigenvalue weighted by atomic mass is 19.4. The molecule has 1 rings (SSSR count). The lowest BCUT2D eigenvalue weighted by atomic mass is 9.87. The Labute approximate surface area is 120 Å². The molecule has 1 aromatic carbocycles. The van der Waals surface area contributed by atoms with Crippen molar-refractivity contribution < 1.29 is 32.5 Å². The van der Waals surface area contributed by atoms with Crippen molar-refractivity contribution in [3.05, 3.63) is 35.4 Å². The molecule has 0 aromatic heterocycles. The molecule has 0 radical (unpaired) electrons. The third kappa shape index (κ3) is 3.81. The Hall–Kier alpha value is -1.44. The number of alkyl halides is 3. The number of carbonyl (C=O) groups is 1. The second-order valence-electron chi connectivity index (χ2n) is 4.67. The highest BCUT2D eigenvalue weighted by molar-refractivity contribution is 5.83. The minimum absolute atomic E-state index is 0.403. The van der Waals surface area contributed by atoms with Crippen LogP contribution < -0.4 is 0 Å². The summed E-state index contributed by atoms with van der Waals surface area (Å²) >= 11 is 0.